The molecule has 0 heterocycles. The molecule has 0 aromatic heterocycles. The first-order valence-corrected chi connectivity index (χ1v) is 6.84. The molecule has 1 aliphatic carbocycles. The number of aldehydes is 1. The Hall–Kier alpha value is -0.370. The molecule has 1 fully saturated rings. The number of carbonyl (C=O) groups is 1. The minimum absolute atomic E-state index is 0.105. The fourth-order valence-corrected chi connectivity index (χ4v) is 2.83. The highest BCUT2D eigenvalue weighted by Crippen LogP contribution is 2.28. The van der Waals surface area contributed by atoms with Crippen LogP contribution in [0.1, 0.15) is 58.8 Å². The number of carbonyl (C=O) groups excluding carboxylic acids is 1. The van der Waals surface area contributed by atoms with E-state index < -0.39 is 0 Å². The largest absolute Gasteiger partial charge is 0.303 e. The van der Waals surface area contributed by atoms with E-state index in [0.29, 0.717) is 6.04 Å². The summed E-state index contributed by atoms with van der Waals surface area (Å²) in [7, 11) is 2.19. The van der Waals surface area contributed by atoms with E-state index in [-0.39, 0.29) is 5.41 Å². The van der Waals surface area contributed by atoms with Crippen molar-refractivity contribution in [3.05, 3.63) is 0 Å². The zero-order valence-corrected chi connectivity index (χ0v) is 11.2. The zero-order chi connectivity index (χ0) is 12.0. The maximum atomic E-state index is 11.3. The molecule has 2 nitrogen and oxygen atoms in total. The number of nitrogens with zero attached hydrogens (tertiary/aromatic N) is 1. The second-order valence-electron chi connectivity index (χ2n) is 5.39. The normalized spacial score (nSPS) is 19.0. The van der Waals surface area contributed by atoms with Gasteiger partial charge in [0.2, 0.25) is 0 Å². The Morgan fingerprint density at radius 3 is 2.19 bits per heavy atom. The van der Waals surface area contributed by atoms with Crippen molar-refractivity contribution >= 4 is 6.29 Å². The lowest BCUT2D eigenvalue weighted by Crippen LogP contribution is -2.42. The predicted molar refractivity (Wildman–Crippen MR) is 68.6 cm³/mol. The van der Waals surface area contributed by atoms with Gasteiger partial charge in [-0.15, -0.1) is 0 Å². The molecule has 0 spiro atoms. The van der Waals surface area contributed by atoms with Gasteiger partial charge in [0, 0.05) is 18.0 Å². The third kappa shape index (κ3) is 3.31. The topological polar surface area (TPSA) is 20.3 Å². The summed E-state index contributed by atoms with van der Waals surface area (Å²) >= 11 is 0. The predicted octanol–water partition coefficient (Wildman–Crippen LogP) is 3.26. The van der Waals surface area contributed by atoms with Gasteiger partial charge in [0.25, 0.3) is 0 Å². The maximum absolute atomic E-state index is 11.3. The maximum Gasteiger partial charge on any atom is 0.127 e. The van der Waals surface area contributed by atoms with E-state index in [9.17, 15) is 4.79 Å². The van der Waals surface area contributed by atoms with Gasteiger partial charge in [-0.1, -0.05) is 33.1 Å². The monoisotopic (exact) mass is 225 g/mol. The molecular weight excluding hydrogens is 198 g/mol. The van der Waals surface area contributed by atoms with Gasteiger partial charge in [-0.2, -0.15) is 0 Å². The first-order valence-electron chi connectivity index (χ1n) is 6.84. The van der Waals surface area contributed by atoms with Crippen molar-refractivity contribution < 1.29 is 4.79 Å². The van der Waals surface area contributed by atoms with Crippen molar-refractivity contribution in [1.82, 2.24) is 4.90 Å². The average Bonchev–Trinajstić information content (AvgIpc) is 2.37. The lowest BCUT2D eigenvalue weighted by atomic mass is 9.82. The smallest absolute Gasteiger partial charge is 0.127 e. The van der Waals surface area contributed by atoms with Crippen molar-refractivity contribution in [2.45, 2.75) is 64.8 Å². The minimum atomic E-state index is -0.105. The summed E-state index contributed by atoms with van der Waals surface area (Å²) in [5.74, 6) is 0. The highest BCUT2D eigenvalue weighted by atomic mass is 16.1. The summed E-state index contributed by atoms with van der Waals surface area (Å²) in [6, 6.07) is 0.714. The molecule has 2 heteroatoms. The molecule has 1 saturated carbocycles. The van der Waals surface area contributed by atoms with Gasteiger partial charge in [0.05, 0.1) is 0 Å². The van der Waals surface area contributed by atoms with Crippen LogP contribution in [-0.4, -0.2) is 30.8 Å². The Labute approximate surface area is 100 Å². The minimum Gasteiger partial charge on any atom is -0.303 e. The standard InChI is InChI=1S/C14H27NO/c1-4-14(5-2,12-16)11-15(3)13-9-7-6-8-10-13/h12-13H,4-11H2,1-3H3. The lowest BCUT2D eigenvalue weighted by molar-refractivity contribution is -0.118. The third-order valence-electron chi connectivity index (χ3n) is 4.42. The van der Waals surface area contributed by atoms with Crippen molar-refractivity contribution in [3.8, 4) is 0 Å². The summed E-state index contributed by atoms with van der Waals surface area (Å²) < 4.78 is 0. The molecule has 0 aliphatic heterocycles. The molecule has 0 unspecified atom stereocenters. The summed E-state index contributed by atoms with van der Waals surface area (Å²) in [5, 5.41) is 0. The van der Waals surface area contributed by atoms with Crippen LogP contribution in [0.3, 0.4) is 0 Å². The Balaban J connectivity index is 2.52. The molecule has 0 radical (unpaired) electrons. The first-order chi connectivity index (χ1) is 7.67. The summed E-state index contributed by atoms with van der Waals surface area (Å²) in [6.07, 6.45) is 9.87. The zero-order valence-electron chi connectivity index (χ0n) is 11.2. The Kier molecular flexibility index (Phi) is 5.47. The number of hydrogen-bond donors (Lipinski definition) is 0. The van der Waals surface area contributed by atoms with Gasteiger partial charge in [-0.05, 0) is 32.7 Å². The van der Waals surface area contributed by atoms with Crippen LogP contribution in [0.2, 0.25) is 0 Å². The molecular formula is C14H27NO. The van der Waals surface area contributed by atoms with E-state index in [2.05, 4.69) is 25.8 Å². The average molecular weight is 225 g/mol. The Morgan fingerprint density at radius 1 is 1.19 bits per heavy atom. The molecule has 1 rings (SSSR count). The van der Waals surface area contributed by atoms with Crippen molar-refractivity contribution in [1.29, 1.82) is 0 Å². The second-order valence-corrected chi connectivity index (χ2v) is 5.39. The van der Waals surface area contributed by atoms with Crippen molar-refractivity contribution in [3.63, 3.8) is 0 Å². The molecule has 94 valence electrons. The highest BCUT2D eigenvalue weighted by molar-refractivity contribution is 5.59. The third-order valence-corrected chi connectivity index (χ3v) is 4.42. The lowest BCUT2D eigenvalue weighted by Gasteiger charge is -2.37. The van der Waals surface area contributed by atoms with Crippen LogP contribution >= 0.6 is 0 Å². The molecule has 0 aromatic carbocycles. The van der Waals surface area contributed by atoms with E-state index in [4.69, 9.17) is 0 Å². The van der Waals surface area contributed by atoms with Crippen LogP contribution in [0.25, 0.3) is 0 Å². The van der Waals surface area contributed by atoms with E-state index in [0.717, 1.165) is 19.4 Å². The molecule has 0 N–H and O–H groups in total. The molecule has 16 heavy (non-hydrogen) atoms. The SMILES string of the molecule is CCC(C=O)(CC)CN(C)C1CCCCC1. The summed E-state index contributed by atoms with van der Waals surface area (Å²) in [5.41, 5.74) is -0.105. The Morgan fingerprint density at radius 2 is 1.75 bits per heavy atom. The van der Waals surface area contributed by atoms with Gasteiger partial charge in [-0.3, -0.25) is 0 Å². The molecule has 0 aromatic rings. The Bertz CT molecular complexity index is 205. The highest BCUT2D eigenvalue weighted by Gasteiger charge is 2.30. The van der Waals surface area contributed by atoms with E-state index in [1.165, 1.54) is 38.4 Å². The van der Waals surface area contributed by atoms with Crippen molar-refractivity contribution in [2.24, 2.45) is 5.41 Å². The molecule has 0 amide bonds. The first kappa shape index (κ1) is 13.7. The van der Waals surface area contributed by atoms with Crippen LogP contribution in [0.4, 0.5) is 0 Å². The van der Waals surface area contributed by atoms with Crippen LogP contribution in [0, 0.1) is 5.41 Å². The van der Waals surface area contributed by atoms with E-state index in [1.807, 2.05) is 0 Å². The van der Waals surface area contributed by atoms with Gasteiger partial charge < -0.3 is 9.69 Å². The molecule has 0 atom stereocenters. The van der Waals surface area contributed by atoms with Gasteiger partial charge in [0.1, 0.15) is 6.29 Å². The molecule has 0 saturated heterocycles. The quantitative estimate of drug-likeness (QED) is 0.647. The molecule has 1 aliphatic rings. The second kappa shape index (κ2) is 6.39. The van der Waals surface area contributed by atoms with Gasteiger partial charge >= 0.3 is 0 Å². The van der Waals surface area contributed by atoms with E-state index in [1.54, 1.807) is 0 Å². The van der Waals surface area contributed by atoms with Gasteiger partial charge in [0.15, 0.2) is 0 Å². The summed E-state index contributed by atoms with van der Waals surface area (Å²) in [6.45, 7) is 5.20. The number of rotatable bonds is 6. The fraction of sp³-hybridized carbons (Fsp3) is 0.929. The summed E-state index contributed by atoms with van der Waals surface area (Å²) in [4.78, 5) is 13.7. The molecule has 0 bridgehead atoms. The van der Waals surface area contributed by atoms with Crippen LogP contribution in [0.15, 0.2) is 0 Å². The van der Waals surface area contributed by atoms with E-state index >= 15 is 0 Å². The van der Waals surface area contributed by atoms with Crippen molar-refractivity contribution in [2.75, 3.05) is 13.6 Å². The van der Waals surface area contributed by atoms with Crippen LogP contribution < -0.4 is 0 Å². The van der Waals surface area contributed by atoms with Gasteiger partial charge in [-0.25, -0.2) is 0 Å². The number of hydrogen-bond acceptors (Lipinski definition) is 2. The van der Waals surface area contributed by atoms with Crippen LogP contribution in [0.5, 0.6) is 0 Å². The van der Waals surface area contributed by atoms with Crippen LogP contribution in [-0.2, 0) is 4.79 Å². The fourth-order valence-electron chi connectivity index (χ4n) is 2.83.